The molecule has 168 valence electrons. The van der Waals surface area contributed by atoms with E-state index < -0.39 is 29.5 Å². The number of likely N-dealkylation sites (N-methyl/N-ethyl adjacent to an activating group) is 1. The summed E-state index contributed by atoms with van der Waals surface area (Å²) in [6.07, 6.45) is 0.212. The summed E-state index contributed by atoms with van der Waals surface area (Å²) in [6.45, 7) is 3.93. The predicted octanol–water partition coefficient (Wildman–Crippen LogP) is 4.89. The smallest absolute Gasteiger partial charge is 0.326 e. The van der Waals surface area contributed by atoms with Crippen LogP contribution in [-0.2, 0) is 11.3 Å². The van der Waals surface area contributed by atoms with Gasteiger partial charge in [-0.15, -0.1) is 0 Å². The van der Waals surface area contributed by atoms with Gasteiger partial charge in [0.25, 0.3) is 5.88 Å². The van der Waals surface area contributed by atoms with Gasteiger partial charge in [0.2, 0.25) is 0 Å². The number of aryl methyl sites for hydroxylation is 1. The summed E-state index contributed by atoms with van der Waals surface area (Å²) in [5.74, 6) is -3.53. The number of anilines is 1. The van der Waals surface area contributed by atoms with Gasteiger partial charge in [0.15, 0.2) is 17.5 Å². The Labute approximate surface area is 185 Å². The van der Waals surface area contributed by atoms with E-state index in [-0.39, 0.29) is 12.2 Å². The van der Waals surface area contributed by atoms with Crippen molar-refractivity contribution < 1.29 is 23.4 Å². The Morgan fingerprint density at radius 2 is 1.91 bits per heavy atom. The van der Waals surface area contributed by atoms with Crippen molar-refractivity contribution in [3.05, 3.63) is 71.3 Å². The molecule has 0 aliphatic heterocycles. The summed E-state index contributed by atoms with van der Waals surface area (Å²) < 4.78 is 34.5. The highest BCUT2D eigenvalue weighted by molar-refractivity contribution is 5.77. The van der Waals surface area contributed by atoms with Crippen molar-refractivity contribution in [3.63, 3.8) is 0 Å². The third kappa shape index (κ3) is 5.03. The van der Waals surface area contributed by atoms with Gasteiger partial charge in [0, 0.05) is 19.7 Å². The van der Waals surface area contributed by atoms with Crippen molar-refractivity contribution in [1.82, 2.24) is 4.98 Å². The number of hydrogen-bond donors (Lipinski definition) is 2. The van der Waals surface area contributed by atoms with Crippen molar-refractivity contribution in [2.45, 2.75) is 32.9 Å². The fraction of sp³-hybridized carbons (Fsp3) is 0.250. The van der Waals surface area contributed by atoms with Gasteiger partial charge < -0.3 is 20.5 Å². The van der Waals surface area contributed by atoms with Crippen LogP contribution in [0.1, 0.15) is 24.5 Å². The Hall–Kier alpha value is -3.52. The van der Waals surface area contributed by atoms with Crippen LogP contribution < -0.4 is 15.4 Å². The lowest BCUT2D eigenvalue weighted by atomic mass is 10.0. The molecule has 0 fully saturated rings. The molecule has 0 saturated heterocycles. The number of rotatable bonds is 8. The lowest BCUT2D eigenvalue weighted by Gasteiger charge is -2.25. The number of carbonyl (C=O) groups is 1. The van der Waals surface area contributed by atoms with Crippen LogP contribution in [0, 0.1) is 18.6 Å². The number of ether oxygens (including phenoxy) is 1. The zero-order valence-electron chi connectivity index (χ0n) is 18.1. The lowest BCUT2D eigenvalue weighted by molar-refractivity contribution is -0.138. The Morgan fingerprint density at radius 1 is 1.16 bits per heavy atom. The van der Waals surface area contributed by atoms with Crippen LogP contribution in [0.5, 0.6) is 11.6 Å². The maximum absolute atomic E-state index is 14.5. The molecular weight excluding hydrogens is 416 g/mol. The summed E-state index contributed by atoms with van der Waals surface area (Å²) in [4.78, 5) is 16.6. The fourth-order valence-electron chi connectivity index (χ4n) is 3.48. The Bertz CT molecular complexity index is 1140. The van der Waals surface area contributed by atoms with E-state index in [1.807, 2.05) is 37.3 Å². The number of aliphatic carboxylic acids is 1. The largest absolute Gasteiger partial charge is 0.480 e. The monoisotopic (exact) mass is 441 g/mol. The molecule has 0 spiro atoms. The molecule has 0 radical (unpaired) electrons. The zero-order valence-corrected chi connectivity index (χ0v) is 18.1. The zero-order chi connectivity index (χ0) is 23.4. The van der Waals surface area contributed by atoms with Crippen LogP contribution >= 0.6 is 0 Å². The molecule has 3 N–H and O–H groups in total. The topological polar surface area (TPSA) is 88.7 Å². The minimum absolute atomic E-state index is 0.212. The van der Waals surface area contributed by atoms with Crippen LogP contribution in [0.15, 0.2) is 48.5 Å². The standard InChI is InChI=1S/C24H25F2N3O3/c1-4-21(24(30)31)29(3)22-19(25)12-20(26)23(28-22)32-18-9-14(2)8-17(11-18)16-7-5-6-15(10-16)13-27/h5-12,21H,4,13,27H2,1-3H3,(H,30,31)/t21-/m1/s1. The van der Waals surface area contributed by atoms with Crippen LogP contribution in [0.3, 0.4) is 0 Å². The number of benzene rings is 2. The van der Waals surface area contributed by atoms with E-state index in [0.717, 1.165) is 27.2 Å². The Morgan fingerprint density at radius 3 is 2.56 bits per heavy atom. The van der Waals surface area contributed by atoms with E-state index >= 15 is 0 Å². The van der Waals surface area contributed by atoms with Crippen molar-refractivity contribution in [3.8, 4) is 22.8 Å². The van der Waals surface area contributed by atoms with Crippen molar-refractivity contribution in [2.24, 2.45) is 5.73 Å². The van der Waals surface area contributed by atoms with Crippen LogP contribution in [0.4, 0.5) is 14.6 Å². The minimum Gasteiger partial charge on any atom is -0.480 e. The normalized spacial score (nSPS) is 11.8. The molecule has 2 aromatic carbocycles. The molecule has 0 saturated carbocycles. The van der Waals surface area contributed by atoms with Crippen LogP contribution in [-0.4, -0.2) is 29.1 Å². The number of hydrogen-bond acceptors (Lipinski definition) is 5. The molecule has 3 aromatic rings. The molecular formula is C24H25F2N3O3. The molecule has 0 aliphatic rings. The van der Waals surface area contributed by atoms with E-state index in [0.29, 0.717) is 18.4 Å². The Balaban J connectivity index is 1.98. The van der Waals surface area contributed by atoms with Gasteiger partial charge in [0.1, 0.15) is 11.8 Å². The number of carboxylic acid groups (broad SMARTS) is 1. The summed E-state index contributed by atoms with van der Waals surface area (Å²) in [5.41, 5.74) is 9.32. The molecule has 0 unspecified atom stereocenters. The number of carboxylic acids is 1. The van der Waals surface area contributed by atoms with Crippen molar-refractivity contribution in [2.75, 3.05) is 11.9 Å². The first kappa shape index (κ1) is 23.1. The highest BCUT2D eigenvalue weighted by Crippen LogP contribution is 2.32. The van der Waals surface area contributed by atoms with Crippen LogP contribution in [0.2, 0.25) is 0 Å². The number of nitrogens with zero attached hydrogens (tertiary/aromatic N) is 2. The van der Waals surface area contributed by atoms with E-state index in [1.165, 1.54) is 7.05 Å². The maximum Gasteiger partial charge on any atom is 0.326 e. The van der Waals surface area contributed by atoms with Gasteiger partial charge in [-0.2, -0.15) is 4.98 Å². The highest BCUT2D eigenvalue weighted by Gasteiger charge is 2.26. The number of nitrogens with two attached hydrogens (primary N) is 1. The summed E-state index contributed by atoms with van der Waals surface area (Å²) in [7, 11) is 1.39. The minimum atomic E-state index is -1.13. The van der Waals surface area contributed by atoms with Gasteiger partial charge in [-0.05, 0) is 53.8 Å². The van der Waals surface area contributed by atoms with E-state index in [4.69, 9.17) is 10.5 Å². The fourth-order valence-corrected chi connectivity index (χ4v) is 3.48. The average Bonchev–Trinajstić information content (AvgIpc) is 2.75. The molecule has 0 aliphatic carbocycles. The van der Waals surface area contributed by atoms with Gasteiger partial charge in [0.05, 0.1) is 0 Å². The summed E-state index contributed by atoms with van der Waals surface area (Å²) in [6, 6.07) is 12.7. The van der Waals surface area contributed by atoms with Gasteiger partial charge in [-0.1, -0.05) is 31.2 Å². The lowest BCUT2D eigenvalue weighted by Crippen LogP contribution is -2.39. The number of pyridine rings is 1. The predicted molar refractivity (Wildman–Crippen MR) is 119 cm³/mol. The molecule has 1 aromatic heterocycles. The van der Waals surface area contributed by atoms with Crippen molar-refractivity contribution in [1.29, 1.82) is 0 Å². The maximum atomic E-state index is 14.5. The summed E-state index contributed by atoms with van der Waals surface area (Å²) >= 11 is 0. The second kappa shape index (κ2) is 9.74. The second-order valence-electron chi connectivity index (χ2n) is 7.50. The number of halogens is 2. The quantitative estimate of drug-likeness (QED) is 0.518. The molecule has 0 amide bonds. The van der Waals surface area contributed by atoms with Gasteiger partial charge in [-0.3, -0.25) is 0 Å². The van der Waals surface area contributed by atoms with E-state index in [2.05, 4.69) is 4.98 Å². The van der Waals surface area contributed by atoms with Crippen molar-refractivity contribution >= 4 is 11.8 Å². The first-order valence-corrected chi connectivity index (χ1v) is 10.1. The highest BCUT2D eigenvalue weighted by atomic mass is 19.1. The number of aromatic nitrogens is 1. The van der Waals surface area contributed by atoms with E-state index in [1.54, 1.807) is 19.1 Å². The molecule has 0 bridgehead atoms. The third-order valence-electron chi connectivity index (χ3n) is 5.11. The summed E-state index contributed by atoms with van der Waals surface area (Å²) in [5, 5.41) is 9.36. The van der Waals surface area contributed by atoms with Gasteiger partial charge >= 0.3 is 5.97 Å². The third-order valence-corrected chi connectivity index (χ3v) is 5.11. The van der Waals surface area contributed by atoms with Crippen LogP contribution in [0.25, 0.3) is 11.1 Å². The molecule has 32 heavy (non-hydrogen) atoms. The molecule has 6 nitrogen and oxygen atoms in total. The molecule has 1 atom stereocenters. The Kier molecular flexibility index (Phi) is 7.05. The molecule has 3 rings (SSSR count). The molecule has 8 heteroatoms. The second-order valence-corrected chi connectivity index (χ2v) is 7.50. The van der Waals surface area contributed by atoms with E-state index in [9.17, 15) is 18.7 Å². The average molecular weight is 441 g/mol. The first-order valence-electron chi connectivity index (χ1n) is 10.1. The SMILES string of the molecule is CC[C@H](C(=O)O)N(C)c1nc(Oc2cc(C)cc(-c3cccc(CN)c3)c2)c(F)cc1F. The van der Waals surface area contributed by atoms with Gasteiger partial charge in [-0.25, -0.2) is 13.6 Å². The first-order chi connectivity index (χ1) is 15.2. The molecule has 1 heterocycles.